The minimum Gasteiger partial charge on any atom is -0.491 e. The predicted molar refractivity (Wildman–Crippen MR) is 97.9 cm³/mol. The van der Waals surface area contributed by atoms with Crippen molar-refractivity contribution in [3.05, 3.63) is 71.8 Å². The lowest BCUT2D eigenvalue weighted by Gasteiger charge is -2.18. The van der Waals surface area contributed by atoms with Gasteiger partial charge in [-0.2, -0.15) is 0 Å². The maximum atomic E-state index is 13.0. The maximum absolute atomic E-state index is 13.0. The van der Waals surface area contributed by atoms with Gasteiger partial charge in [0.1, 0.15) is 23.9 Å². The van der Waals surface area contributed by atoms with E-state index in [1.807, 2.05) is 17.7 Å². The first kappa shape index (κ1) is 16.8. The summed E-state index contributed by atoms with van der Waals surface area (Å²) in [5.74, 6) is 7.20. The molecule has 0 N–H and O–H groups in total. The Bertz CT molecular complexity index is 1030. The van der Waals surface area contributed by atoms with E-state index in [2.05, 4.69) is 26.8 Å². The molecule has 0 saturated carbocycles. The lowest BCUT2D eigenvalue weighted by Crippen LogP contribution is -2.32. The molecule has 7 nitrogen and oxygen atoms in total. The number of rotatable bonds is 2. The summed E-state index contributed by atoms with van der Waals surface area (Å²) < 4.78 is 7.59. The molecule has 2 aromatic heterocycles. The lowest BCUT2D eigenvalue weighted by molar-refractivity contribution is 0.0738. The number of nitrogens with zero attached hydrogens (tertiary/aromatic N) is 5. The first-order valence-electron chi connectivity index (χ1n) is 8.51. The Kier molecular flexibility index (Phi) is 4.54. The maximum Gasteiger partial charge on any atom is 0.258 e. The second-order valence-electron chi connectivity index (χ2n) is 6.09. The average Bonchev–Trinajstić information content (AvgIpc) is 3.04. The van der Waals surface area contributed by atoms with Crippen molar-refractivity contribution >= 4 is 5.91 Å². The molecule has 0 radical (unpaired) electrons. The van der Waals surface area contributed by atoms with Gasteiger partial charge in [-0.25, -0.2) is 15.0 Å². The fourth-order valence-electron chi connectivity index (χ4n) is 2.79. The van der Waals surface area contributed by atoms with Crippen LogP contribution < -0.4 is 4.74 Å². The van der Waals surface area contributed by atoms with Gasteiger partial charge < -0.3 is 14.2 Å². The van der Waals surface area contributed by atoms with Crippen molar-refractivity contribution in [1.82, 2.24) is 24.4 Å². The van der Waals surface area contributed by atoms with Crippen molar-refractivity contribution in [2.24, 2.45) is 7.05 Å². The molecule has 0 fully saturated rings. The molecule has 134 valence electrons. The largest absolute Gasteiger partial charge is 0.491 e. The average molecular weight is 359 g/mol. The highest BCUT2D eigenvalue weighted by molar-refractivity contribution is 5.97. The molecule has 1 aromatic carbocycles. The number of hydrogen-bond donors (Lipinski definition) is 0. The summed E-state index contributed by atoms with van der Waals surface area (Å²) in [5.41, 5.74) is 2.04. The smallest absolute Gasteiger partial charge is 0.258 e. The molecule has 27 heavy (non-hydrogen) atoms. The standard InChI is InChI=1S/C20H17N5O2/c1-24-14-21-12-16(24)5-3-15-4-6-18-17(11-15)20(26)25(9-10-27-18)13-19-22-7-2-8-23-19/h2,4,6-8,11-12,14H,9-10,13H2,1H3. The van der Waals surface area contributed by atoms with Crippen LogP contribution in [0.1, 0.15) is 27.4 Å². The molecule has 0 saturated heterocycles. The fourth-order valence-corrected chi connectivity index (χ4v) is 2.79. The predicted octanol–water partition coefficient (Wildman–Crippen LogP) is 1.64. The van der Waals surface area contributed by atoms with Crippen molar-refractivity contribution in [2.45, 2.75) is 6.54 Å². The third kappa shape index (κ3) is 3.65. The van der Waals surface area contributed by atoms with E-state index in [9.17, 15) is 4.79 Å². The summed E-state index contributed by atoms with van der Waals surface area (Å²) in [6.07, 6.45) is 6.73. The molecule has 1 aliphatic rings. The molecular formula is C20H17N5O2. The van der Waals surface area contributed by atoms with Crippen LogP contribution >= 0.6 is 0 Å². The van der Waals surface area contributed by atoms with Crippen molar-refractivity contribution < 1.29 is 9.53 Å². The van der Waals surface area contributed by atoms with Crippen LogP contribution in [0.3, 0.4) is 0 Å². The number of ether oxygens (including phenoxy) is 1. The third-order valence-electron chi connectivity index (χ3n) is 4.22. The number of fused-ring (bicyclic) bond motifs is 1. The van der Waals surface area contributed by atoms with Crippen molar-refractivity contribution in [3.8, 4) is 17.6 Å². The third-order valence-corrected chi connectivity index (χ3v) is 4.22. The zero-order chi connectivity index (χ0) is 18.6. The lowest BCUT2D eigenvalue weighted by atomic mass is 10.1. The van der Waals surface area contributed by atoms with Crippen LogP contribution in [0.4, 0.5) is 0 Å². The van der Waals surface area contributed by atoms with Crippen molar-refractivity contribution in [3.63, 3.8) is 0 Å². The van der Waals surface area contributed by atoms with Crippen LogP contribution in [0.5, 0.6) is 5.75 Å². The summed E-state index contributed by atoms with van der Waals surface area (Å²) >= 11 is 0. The molecule has 3 aromatic rings. The van der Waals surface area contributed by atoms with E-state index in [-0.39, 0.29) is 5.91 Å². The highest BCUT2D eigenvalue weighted by Gasteiger charge is 2.24. The van der Waals surface area contributed by atoms with E-state index in [0.717, 1.165) is 11.3 Å². The normalized spacial score (nSPS) is 13.2. The molecule has 1 aliphatic heterocycles. The number of aromatic nitrogens is 4. The van der Waals surface area contributed by atoms with Crippen LogP contribution in [-0.4, -0.2) is 43.5 Å². The molecule has 0 spiro atoms. The van der Waals surface area contributed by atoms with Gasteiger partial charge in [-0.15, -0.1) is 0 Å². The summed E-state index contributed by atoms with van der Waals surface area (Å²) in [7, 11) is 1.88. The minimum absolute atomic E-state index is 0.112. The Morgan fingerprint density at radius 3 is 2.85 bits per heavy atom. The number of hydrogen-bond acceptors (Lipinski definition) is 5. The van der Waals surface area contributed by atoms with Crippen molar-refractivity contribution in [1.29, 1.82) is 0 Å². The summed E-state index contributed by atoms with van der Waals surface area (Å²) in [4.78, 5) is 27.2. The van der Waals surface area contributed by atoms with Crippen LogP contribution in [0.15, 0.2) is 49.2 Å². The first-order chi connectivity index (χ1) is 13.2. The zero-order valence-corrected chi connectivity index (χ0v) is 14.8. The Morgan fingerprint density at radius 2 is 2.07 bits per heavy atom. The van der Waals surface area contributed by atoms with Gasteiger partial charge in [0.2, 0.25) is 0 Å². The monoisotopic (exact) mass is 359 g/mol. The molecular weight excluding hydrogens is 342 g/mol. The van der Waals surface area contributed by atoms with Gasteiger partial charge in [-0.05, 0) is 30.2 Å². The molecule has 7 heteroatoms. The van der Waals surface area contributed by atoms with E-state index in [1.165, 1.54) is 0 Å². The number of imidazole rings is 1. The summed E-state index contributed by atoms with van der Waals surface area (Å²) in [6, 6.07) is 7.17. The van der Waals surface area contributed by atoms with E-state index < -0.39 is 0 Å². The molecule has 0 bridgehead atoms. The Balaban J connectivity index is 1.62. The molecule has 0 atom stereocenters. The van der Waals surface area contributed by atoms with Gasteiger partial charge in [0.05, 0.1) is 31.2 Å². The molecule has 0 aliphatic carbocycles. The van der Waals surface area contributed by atoms with Gasteiger partial charge in [-0.1, -0.05) is 5.92 Å². The van der Waals surface area contributed by atoms with Crippen LogP contribution in [0.2, 0.25) is 0 Å². The van der Waals surface area contributed by atoms with Gasteiger partial charge >= 0.3 is 0 Å². The minimum atomic E-state index is -0.112. The van der Waals surface area contributed by atoms with Crippen LogP contribution in [0.25, 0.3) is 0 Å². The molecule has 0 unspecified atom stereocenters. The Hall–Kier alpha value is -3.66. The van der Waals surface area contributed by atoms with Crippen molar-refractivity contribution in [2.75, 3.05) is 13.2 Å². The van der Waals surface area contributed by atoms with Gasteiger partial charge in [0.25, 0.3) is 5.91 Å². The van der Waals surface area contributed by atoms with E-state index in [1.54, 1.807) is 48.0 Å². The van der Waals surface area contributed by atoms with Gasteiger partial charge in [0.15, 0.2) is 0 Å². The van der Waals surface area contributed by atoms with Crippen LogP contribution in [0, 0.1) is 11.8 Å². The second kappa shape index (κ2) is 7.30. The number of benzene rings is 1. The SMILES string of the molecule is Cn1cncc1C#Cc1ccc2c(c1)C(=O)N(Cc1ncccn1)CCO2. The highest BCUT2D eigenvalue weighted by atomic mass is 16.5. The zero-order valence-electron chi connectivity index (χ0n) is 14.8. The van der Waals surface area contributed by atoms with Gasteiger partial charge in [0, 0.05) is 25.0 Å². The van der Waals surface area contributed by atoms with E-state index >= 15 is 0 Å². The number of carbonyl (C=O) groups is 1. The first-order valence-corrected chi connectivity index (χ1v) is 8.51. The summed E-state index contributed by atoms with van der Waals surface area (Å²) in [6.45, 7) is 1.24. The molecule has 1 amide bonds. The number of aryl methyl sites for hydroxylation is 1. The number of amides is 1. The molecule has 4 rings (SSSR count). The van der Waals surface area contributed by atoms with E-state index in [4.69, 9.17) is 4.74 Å². The van der Waals surface area contributed by atoms with Gasteiger partial charge in [-0.3, -0.25) is 4.79 Å². The summed E-state index contributed by atoms with van der Waals surface area (Å²) in [5, 5.41) is 0. The second-order valence-corrected chi connectivity index (χ2v) is 6.09. The highest BCUT2D eigenvalue weighted by Crippen LogP contribution is 2.24. The molecule has 3 heterocycles. The number of carbonyl (C=O) groups excluding carboxylic acids is 1. The Labute approximate surface area is 156 Å². The van der Waals surface area contributed by atoms with E-state index in [0.29, 0.717) is 36.8 Å². The fraction of sp³-hybridized carbons (Fsp3) is 0.200. The Morgan fingerprint density at radius 1 is 1.22 bits per heavy atom. The quantitative estimate of drug-likeness (QED) is 0.651. The topological polar surface area (TPSA) is 73.1 Å². The van der Waals surface area contributed by atoms with Crippen LogP contribution in [-0.2, 0) is 13.6 Å².